The first-order valence-electron chi connectivity index (χ1n) is 5.96. The number of hydrogen-bond acceptors (Lipinski definition) is 4. The lowest BCUT2D eigenvalue weighted by Crippen LogP contribution is -2.34. The minimum absolute atomic E-state index is 0.171. The predicted octanol–water partition coefficient (Wildman–Crippen LogP) is 0.605. The van der Waals surface area contributed by atoms with Gasteiger partial charge in [-0.15, -0.1) is 0 Å². The summed E-state index contributed by atoms with van der Waals surface area (Å²) in [4.78, 5) is 22.4. The van der Waals surface area contributed by atoms with E-state index >= 15 is 0 Å². The molecule has 2 unspecified atom stereocenters. The zero-order valence-electron chi connectivity index (χ0n) is 10.6. The van der Waals surface area contributed by atoms with Gasteiger partial charge < -0.3 is 20.9 Å². The first-order valence-corrected chi connectivity index (χ1v) is 5.96. The van der Waals surface area contributed by atoms with Crippen LogP contribution >= 0.6 is 0 Å². The zero-order valence-corrected chi connectivity index (χ0v) is 10.6. The Labute approximate surface area is 110 Å². The van der Waals surface area contributed by atoms with E-state index in [1.165, 1.54) is 0 Å². The Balaban J connectivity index is 2.25. The lowest BCUT2D eigenvalue weighted by atomic mass is 10.0. The maximum absolute atomic E-state index is 11.4. The van der Waals surface area contributed by atoms with Crippen LogP contribution in [0.25, 0.3) is 0 Å². The summed E-state index contributed by atoms with van der Waals surface area (Å²) in [5.74, 6) is -2.09. The Morgan fingerprint density at radius 2 is 2.16 bits per heavy atom. The number of aliphatic carboxylic acids is 1. The fraction of sp³-hybridized carbons (Fsp3) is 0.385. The van der Waals surface area contributed by atoms with Gasteiger partial charge in [-0.1, -0.05) is 6.07 Å². The molecule has 1 aromatic rings. The minimum atomic E-state index is -0.914. The summed E-state index contributed by atoms with van der Waals surface area (Å²) in [5.41, 5.74) is 7.16. The highest BCUT2D eigenvalue weighted by Gasteiger charge is 2.34. The van der Waals surface area contributed by atoms with Crippen LogP contribution in [0.4, 0.5) is 5.69 Å². The van der Waals surface area contributed by atoms with Crippen molar-refractivity contribution in [3.63, 3.8) is 0 Å². The molecule has 1 saturated heterocycles. The summed E-state index contributed by atoms with van der Waals surface area (Å²) in [6.07, 6.45) is 0. The smallest absolute Gasteiger partial charge is 0.311 e. The SMILES string of the molecule is Cc1ccc(C(N)=O)c(NC2COCC2C(=O)O)c1. The van der Waals surface area contributed by atoms with Gasteiger partial charge >= 0.3 is 5.97 Å². The molecule has 1 heterocycles. The summed E-state index contributed by atoms with van der Waals surface area (Å²) in [5, 5.41) is 12.1. The number of carbonyl (C=O) groups excluding carboxylic acids is 1. The van der Waals surface area contributed by atoms with E-state index in [4.69, 9.17) is 15.6 Å². The Hall–Kier alpha value is -2.08. The molecule has 4 N–H and O–H groups in total. The van der Waals surface area contributed by atoms with Crippen LogP contribution in [0.15, 0.2) is 18.2 Å². The average Bonchev–Trinajstić information content (AvgIpc) is 2.76. The summed E-state index contributed by atoms with van der Waals surface area (Å²) < 4.78 is 5.17. The molecule has 0 aromatic heterocycles. The quantitative estimate of drug-likeness (QED) is 0.739. The molecule has 0 aliphatic carbocycles. The maximum Gasteiger partial charge on any atom is 0.311 e. The number of hydrogen-bond donors (Lipinski definition) is 3. The van der Waals surface area contributed by atoms with Gasteiger partial charge in [0.05, 0.1) is 24.8 Å². The van der Waals surface area contributed by atoms with E-state index in [1.54, 1.807) is 18.2 Å². The molecule has 2 atom stereocenters. The lowest BCUT2D eigenvalue weighted by molar-refractivity contribution is -0.141. The Bertz CT molecular complexity index is 515. The van der Waals surface area contributed by atoms with Crippen molar-refractivity contribution < 1.29 is 19.4 Å². The number of rotatable bonds is 4. The largest absolute Gasteiger partial charge is 0.481 e. The van der Waals surface area contributed by atoms with Crippen molar-refractivity contribution in [1.29, 1.82) is 0 Å². The molecule has 19 heavy (non-hydrogen) atoms. The van der Waals surface area contributed by atoms with Crippen molar-refractivity contribution >= 4 is 17.6 Å². The van der Waals surface area contributed by atoms with Crippen LogP contribution in [0.5, 0.6) is 0 Å². The van der Waals surface area contributed by atoms with E-state index in [0.29, 0.717) is 17.9 Å². The molecule has 0 bridgehead atoms. The van der Waals surface area contributed by atoms with Gasteiger partial charge in [-0.25, -0.2) is 0 Å². The number of carbonyl (C=O) groups is 2. The van der Waals surface area contributed by atoms with Gasteiger partial charge in [0, 0.05) is 5.69 Å². The predicted molar refractivity (Wildman–Crippen MR) is 69.1 cm³/mol. The molecule has 6 heteroatoms. The van der Waals surface area contributed by atoms with Crippen molar-refractivity contribution in [2.24, 2.45) is 11.7 Å². The third-order valence-corrected chi connectivity index (χ3v) is 3.18. The number of amides is 1. The molecule has 6 nitrogen and oxygen atoms in total. The fourth-order valence-electron chi connectivity index (χ4n) is 2.13. The standard InChI is InChI=1S/C13H16N2O4/c1-7-2-3-8(12(14)16)10(4-7)15-11-6-19-5-9(11)13(17)18/h2-4,9,11,15H,5-6H2,1H3,(H2,14,16)(H,17,18). The molecule has 1 aliphatic heterocycles. The highest BCUT2D eigenvalue weighted by molar-refractivity contribution is 5.98. The Kier molecular flexibility index (Phi) is 3.71. The first kappa shape index (κ1) is 13.4. The molecule has 1 amide bonds. The molecule has 1 aliphatic rings. The number of nitrogens with two attached hydrogens (primary N) is 1. The third kappa shape index (κ3) is 2.85. The van der Waals surface area contributed by atoms with Gasteiger partial charge in [-0.2, -0.15) is 0 Å². The second-order valence-electron chi connectivity index (χ2n) is 4.65. The number of aryl methyl sites for hydroxylation is 1. The number of nitrogens with one attached hydrogen (secondary N) is 1. The minimum Gasteiger partial charge on any atom is -0.481 e. The van der Waals surface area contributed by atoms with E-state index in [9.17, 15) is 9.59 Å². The second kappa shape index (κ2) is 5.27. The number of carboxylic acid groups (broad SMARTS) is 1. The summed E-state index contributed by atoms with van der Waals surface area (Å²) in [7, 11) is 0. The number of benzene rings is 1. The lowest BCUT2D eigenvalue weighted by Gasteiger charge is -2.19. The van der Waals surface area contributed by atoms with Crippen molar-refractivity contribution in [1.82, 2.24) is 0 Å². The highest BCUT2D eigenvalue weighted by Crippen LogP contribution is 2.23. The first-order chi connectivity index (χ1) is 8.99. The van der Waals surface area contributed by atoms with Crippen molar-refractivity contribution in [3.05, 3.63) is 29.3 Å². The van der Waals surface area contributed by atoms with Crippen LogP contribution in [-0.2, 0) is 9.53 Å². The van der Waals surface area contributed by atoms with Gasteiger partial charge in [-0.3, -0.25) is 9.59 Å². The summed E-state index contributed by atoms with van der Waals surface area (Å²) >= 11 is 0. The Morgan fingerprint density at radius 3 is 2.79 bits per heavy atom. The topological polar surface area (TPSA) is 102 Å². The molecule has 2 rings (SSSR count). The van der Waals surface area contributed by atoms with Crippen LogP contribution in [0, 0.1) is 12.8 Å². The van der Waals surface area contributed by atoms with E-state index in [0.717, 1.165) is 5.56 Å². The molecule has 0 spiro atoms. The molecule has 1 aromatic carbocycles. The van der Waals surface area contributed by atoms with E-state index in [-0.39, 0.29) is 12.6 Å². The van der Waals surface area contributed by atoms with Crippen LogP contribution in [0.1, 0.15) is 15.9 Å². The van der Waals surface area contributed by atoms with Crippen molar-refractivity contribution in [2.45, 2.75) is 13.0 Å². The van der Waals surface area contributed by atoms with E-state index in [2.05, 4.69) is 5.32 Å². The van der Waals surface area contributed by atoms with Gasteiger partial charge in [0.1, 0.15) is 5.92 Å². The van der Waals surface area contributed by atoms with E-state index < -0.39 is 17.8 Å². The fourth-order valence-corrected chi connectivity index (χ4v) is 2.13. The van der Waals surface area contributed by atoms with Crippen LogP contribution in [0.2, 0.25) is 0 Å². The van der Waals surface area contributed by atoms with Gasteiger partial charge in [-0.05, 0) is 24.6 Å². The van der Waals surface area contributed by atoms with Crippen molar-refractivity contribution in [2.75, 3.05) is 18.5 Å². The van der Waals surface area contributed by atoms with Gasteiger partial charge in [0.2, 0.25) is 0 Å². The number of carboxylic acids is 1. The van der Waals surface area contributed by atoms with Gasteiger partial charge in [0.15, 0.2) is 0 Å². The maximum atomic E-state index is 11.4. The molecule has 102 valence electrons. The molecule has 1 fully saturated rings. The molecular weight excluding hydrogens is 248 g/mol. The number of ether oxygens (including phenoxy) is 1. The zero-order chi connectivity index (χ0) is 14.0. The van der Waals surface area contributed by atoms with Crippen LogP contribution in [-0.4, -0.2) is 36.2 Å². The Morgan fingerprint density at radius 1 is 1.42 bits per heavy atom. The third-order valence-electron chi connectivity index (χ3n) is 3.18. The van der Waals surface area contributed by atoms with Crippen LogP contribution < -0.4 is 11.1 Å². The highest BCUT2D eigenvalue weighted by atomic mass is 16.5. The molecular formula is C13H16N2O4. The second-order valence-corrected chi connectivity index (χ2v) is 4.65. The number of primary amides is 1. The normalized spacial score (nSPS) is 22.2. The van der Waals surface area contributed by atoms with E-state index in [1.807, 2.05) is 6.92 Å². The molecule has 0 saturated carbocycles. The summed E-state index contributed by atoms with van der Waals surface area (Å²) in [6, 6.07) is 4.82. The van der Waals surface area contributed by atoms with Crippen molar-refractivity contribution in [3.8, 4) is 0 Å². The molecule has 0 radical (unpaired) electrons. The monoisotopic (exact) mass is 264 g/mol. The number of anilines is 1. The average molecular weight is 264 g/mol. The van der Waals surface area contributed by atoms with Crippen LogP contribution in [0.3, 0.4) is 0 Å². The summed E-state index contributed by atoms with van der Waals surface area (Å²) in [6.45, 7) is 2.35. The van der Waals surface area contributed by atoms with Gasteiger partial charge in [0.25, 0.3) is 5.91 Å².